The number of halogens is 1. The number of pyridine rings is 1. The summed E-state index contributed by atoms with van der Waals surface area (Å²) in [6.07, 6.45) is 1.02. The first kappa shape index (κ1) is 13.8. The van der Waals surface area contributed by atoms with Crippen LogP contribution in [0.15, 0.2) is 36.4 Å². The molecular weight excluding hydrogens is 255 g/mol. The van der Waals surface area contributed by atoms with Crippen molar-refractivity contribution in [2.45, 2.75) is 13.3 Å². The first-order valence-electron chi connectivity index (χ1n) is 6.40. The van der Waals surface area contributed by atoms with E-state index in [9.17, 15) is 4.39 Å². The van der Waals surface area contributed by atoms with E-state index in [4.69, 9.17) is 5.26 Å². The van der Waals surface area contributed by atoms with Crippen LogP contribution in [-0.2, 0) is 0 Å². The minimum Gasteiger partial charge on any atom is -0.370 e. The summed E-state index contributed by atoms with van der Waals surface area (Å²) in [5.74, 6) is 0.894. The van der Waals surface area contributed by atoms with E-state index in [-0.39, 0.29) is 5.56 Å². The van der Waals surface area contributed by atoms with Crippen LogP contribution < -0.4 is 10.6 Å². The highest BCUT2D eigenvalue weighted by molar-refractivity contribution is 5.60. The van der Waals surface area contributed by atoms with Crippen LogP contribution in [0.1, 0.15) is 18.9 Å². The van der Waals surface area contributed by atoms with E-state index in [0.29, 0.717) is 11.5 Å². The number of rotatable bonds is 5. The quantitative estimate of drug-likeness (QED) is 0.870. The van der Waals surface area contributed by atoms with Gasteiger partial charge in [-0.3, -0.25) is 0 Å². The van der Waals surface area contributed by atoms with Crippen LogP contribution in [0.3, 0.4) is 0 Å². The number of hydrogen-bond acceptors (Lipinski definition) is 4. The summed E-state index contributed by atoms with van der Waals surface area (Å²) in [4.78, 5) is 4.38. The van der Waals surface area contributed by atoms with Crippen molar-refractivity contribution in [1.82, 2.24) is 4.98 Å². The SMILES string of the molecule is CCCNc1cccc(Nc2ccc(F)c(C#N)c2)n1. The Bertz CT molecular complexity index is 634. The molecule has 2 aromatic rings. The smallest absolute Gasteiger partial charge is 0.141 e. The first-order valence-corrected chi connectivity index (χ1v) is 6.40. The van der Waals surface area contributed by atoms with Gasteiger partial charge in [0.25, 0.3) is 0 Å². The maximum Gasteiger partial charge on any atom is 0.141 e. The van der Waals surface area contributed by atoms with Crippen molar-refractivity contribution in [3.8, 4) is 6.07 Å². The van der Waals surface area contributed by atoms with Crippen molar-refractivity contribution in [3.63, 3.8) is 0 Å². The van der Waals surface area contributed by atoms with Crippen LogP contribution in [-0.4, -0.2) is 11.5 Å². The normalized spacial score (nSPS) is 9.85. The van der Waals surface area contributed by atoms with Gasteiger partial charge in [-0.05, 0) is 36.8 Å². The number of anilines is 3. The van der Waals surface area contributed by atoms with Gasteiger partial charge in [0.1, 0.15) is 23.5 Å². The van der Waals surface area contributed by atoms with Crippen LogP contribution in [0, 0.1) is 17.1 Å². The van der Waals surface area contributed by atoms with Gasteiger partial charge in [-0.25, -0.2) is 9.37 Å². The topological polar surface area (TPSA) is 60.7 Å². The zero-order valence-corrected chi connectivity index (χ0v) is 11.2. The van der Waals surface area contributed by atoms with Gasteiger partial charge in [0.05, 0.1) is 5.56 Å². The monoisotopic (exact) mass is 270 g/mol. The third-order valence-electron chi connectivity index (χ3n) is 2.66. The minimum absolute atomic E-state index is 0.00950. The summed E-state index contributed by atoms with van der Waals surface area (Å²) in [7, 11) is 0. The largest absolute Gasteiger partial charge is 0.370 e. The molecule has 5 heteroatoms. The van der Waals surface area contributed by atoms with Gasteiger partial charge < -0.3 is 10.6 Å². The van der Waals surface area contributed by atoms with Crippen molar-refractivity contribution in [2.24, 2.45) is 0 Å². The van der Waals surface area contributed by atoms with E-state index in [0.717, 1.165) is 18.8 Å². The lowest BCUT2D eigenvalue weighted by Crippen LogP contribution is -2.03. The van der Waals surface area contributed by atoms with Crippen LogP contribution in [0.5, 0.6) is 0 Å². The second-order valence-corrected chi connectivity index (χ2v) is 4.27. The van der Waals surface area contributed by atoms with Crippen molar-refractivity contribution >= 4 is 17.3 Å². The fourth-order valence-corrected chi connectivity index (χ4v) is 1.69. The Labute approximate surface area is 117 Å². The maximum absolute atomic E-state index is 13.2. The zero-order chi connectivity index (χ0) is 14.4. The van der Waals surface area contributed by atoms with Gasteiger partial charge in [0.2, 0.25) is 0 Å². The Balaban J connectivity index is 2.15. The second kappa shape index (κ2) is 6.53. The highest BCUT2D eigenvalue weighted by Crippen LogP contribution is 2.19. The van der Waals surface area contributed by atoms with Crippen molar-refractivity contribution < 1.29 is 4.39 Å². The van der Waals surface area contributed by atoms with Gasteiger partial charge in [0, 0.05) is 12.2 Å². The fraction of sp³-hybridized carbons (Fsp3) is 0.200. The molecule has 0 unspecified atom stereocenters. The Morgan fingerprint density at radius 1 is 1.25 bits per heavy atom. The molecule has 0 aliphatic heterocycles. The Hall–Kier alpha value is -2.61. The summed E-state index contributed by atoms with van der Waals surface area (Å²) in [6.45, 7) is 2.93. The molecule has 0 radical (unpaired) electrons. The summed E-state index contributed by atoms with van der Waals surface area (Å²) in [6, 6.07) is 11.7. The van der Waals surface area contributed by atoms with Crippen LogP contribution >= 0.6 is 0 Å². The molecule has 2 N–H and O–H groups in total. The van der Waals surface area contributed by atoms with E-state index in [1.807, 2.05) is 24.3 Å². The third kappa shape index (κ3) is 3.45. The molecule has 0 saturated carbocycles. The number of aromatic nitrogens is 1. The van der Waals surface area contributed by atoms with Gasteiger partial charge in [-0.15, -0.1) is 0 Å². The van der Waals surface area contributed by atoms with Crippen LogP contribution in [0.4, 0.5) is 21.7 Å². The van der Waals surface area contributed by atoms with Crippen LogP contribution in [0.2, 0.25) is 0 Å². The zero-order valence-electron chi connectivity index (χ0n) is 11.2. The van der Waals surface area contributed by atoms with E-state index >= 15 is 0 Å². The van der Waals surface area contributed by atoms with Gasteiger partial charge in [0.15, 0.2) is 0 Å². The molecule has 20 heavy (non-hydrogen) atoms. The Morgan fingerprint density at radius 3 is 2.80 bits per heavy atom. The third-order valence-corrected chi connectivity index (χ3v) is 2.66. The second-order valence-electron chi connectivity index (χ2n) is 4.27. The Morgan fingerprint density at radius 2 is 2.05 bits per heavy atom. The number of benzene rings is 1. The maximum atomic E-state index is 13.2. The molecule has 0 spiro atoms. The van der Waals surface area contributed by atoms with E-state index in [1.165, 1.54) is 12.1 Å². The molecule has 0 amide bonds. The molecule has 1 aromatic heterocycles. The lowest BCUT2D eigenvalue weighted by atomic mass is 10.2. The van der Waals surface area contributed by atoms with E-state index in [2.05, 4.69) is 22.5 Å². The van der Waals surface area contributed by atoms with Gasteiger partial charge >= 0.3 is 0 Å². The number of nitriles is 1. The molecule has 4 nitrogen and oxygen atoms in total. The molecule has 102 valence electrons. The van der Waals surface area contributed by atoms with Crippen molar-refractivity contribution in [1.29, 1.82) is 5.26 Å². The van der Waals surface area contributed by atoms with Crippen molar-refractivity contribution in [3.05, 3.63) is 47.8 Å². The highest BCUT2D eigenvalue weighted by Gasteiger charge is 2.04. The standard InChI is InChI=1S/C15H15FN4/c1-2-8-18-14-4-3-5-15(20-14)19-12-6-7-13(16)11(9-12)10-17/h3-7,9H,2,8H2,1H3,(H2,18,19,20). The predicted octanol–water partition coefficient (Wildman–Crippen LogP) is 3.66. The molecule has 0 aliphatic carbocycles. The molecule has 0 bridgehead atoms. The summed E-state index contributed by atoms with van der Waals surface area (Å²) < 4.78 is 13.2. The molecule has 0 atom stereocenters. The fourth-order valence-electron chi connectivity index (χ4n) is 1.69. The molecule has 0 saturated heterocycles. The molecular formula is C15H15FN4. The average Bonchev–Trinajstić information content (AvgIpc) is 2.47. The lowest BCUT2D eigenvalue weighted by Gasteiger charge is -2.09. The highest BCUT2D eigenvalue weighted by atomic mass is 19.1. The van der Waals surface area contributed by atoms with Gasteiger partial charge in [-0.1, -0.05) is 13.0 Å². The summed E-state index contributed by atoms with van der Waals surface area (Å²) in [5, 5.41) is 15.0. The lowest BCUT2D eigenvalue weighted by molar-refractivity contribution is 0.624. The van der Waals surface area contributed by atoms with Gasteiger partial charge in [-0.2, -0.15) is 5.26 Å². The summed E-state index contributed by atoms with van der Waals surface area (Å²) >= 11 is 0. The average molecular weight is 270 g/mol. The number of nitrogens with one attached hydrogen (secondary N) is 2. The van der Waals surface area contributed by atoms with E-state index in [1.54, 1.807) is 6.07 Å². The van der Waals surface area contributed by atoms with Crippen molar-refractivity contribution in [2.75, 3.05) is 17.2 Å². The number of nitrogens with zero attached hydrogens (tertiary/aromatic N) is 2. The first-order chi connectivity index (χ1) is 9.72. The van der Waals surface area contributed by atoms with Crippen LogP contribution in [0.25, 0.3) is 0 Å². The number of hydrogen-bond donors (Lipinski definition) is 2. The summed E-state index contributed by atoms with van der Waals surface area (Å²) in [5.41, 5.74) is 0.637. The molecule has 1 aromatic carbocycles. The Kier molecular flexibility index (Phi) is 4.51. The molecule has 1 heterocycles. The minimum atomic E-state index is -0.524. The van der Waals surface area contributed by atoms with E-state index < -0.39 is 5.82 Å². The molecule has 2 rings (SSSR count). The molecule has 0 aliphatic rings. The predicted molar refractivity (Wildman–Crippen MR) is 77.4 cm³/mol. The molecule has 0 fully saturated rings.